The lowest BCUT2D eigenvalue weighted by Gasteiger charge is -2.37. The van der Waals surface area contributed by atoms with Gasteiger partial charge in [-0.05, 0) is 31.9 Å². The van der Waals surface area contributed by atoms with Gasteiger partial charge in [0.25, 0.3) is 0 Å². The van der Waals surface area contributed by atoms with Gasteiger partial charge >= 0.3 is 10.2 Å². The van der Waals surface area contributed by atoms with Gasteiger partial charge in [0.1, 0.15) is 0 Å². The zero-order chi connectivity index (χ0) is 14.3. The summed E-state index contributed by atoms with van der Waals surface area (Å²) in [6.07, 6.45) is 0.656. The highest BCUT2D eigenvalue weighted by Crippen LogP contribution is 2.31. The first-order valence-electron chi connectivity index (χ1n) is 6.99. The average Bonchev–Trinajstić information content (AvgIpc) is 2.82. The molecule has 6 heteroatoms. The first-order chi connectivity index (χ1) is 9.48. The maximum absolute atomic E-state index is 12.8. The Kier molecular flexibility index (Phi) is 3.48. The molecular formula is C14H20N2O3S. The molecule has 2 aliphatic rings. The topological polar surface area (TPSA) is 49.9 Å². The van der Waals surface area contributed by atoms with E-state index in [9.17, 15) is 8.42 Å². The van der Waals surface area contributed by atoms with Gasteiger partial charge in [0.05, 0.1) is 17.9 Å². The van der Waals surface area contributed by atoms with Crippen molar-refractivity contribution < 1.29 is 13.2 Å². The van der Waals surface area contributed by atoms with Gasteiger partial charge in [-0.25, -0.2) is 0 Å². The minimum Gasteiger partial charge on any atom is -0.373 e. The molecule has 1 fully saturated rings. The van der Waals surface area contributed by atoms with Crippen LogP contribution in [0.25, 0.3) is 0 Å². The highest BCUT2D eigenvalue weighted by atomic mass is 32.2. The SMILES string of the molecule is C[C@H]1CN(S(=O)(=O)N2CCc3ccccc32)C[C@H](C)O1. The van der Waals surface area contributed by atoms with E-state index in [1.165, 1.54) is 4.31 Å². The number of anilines is 1. The summed E-state index contributed by atoms with van der Waals surface area (Å²) < 4.78 is 34.4. The minimum absolute atomic E-state index is 0.0635. The number of para-hydroxylation sites is 1. The number of rotatable bonds is 2. The number of fused-ring (bicyclic) bond motifs is 1. The molecule has 0 aliphatic carbocycles. The molecule has 1 aromatic carbocycles. The van der Waals surface area contributed by atoms with E-state index in [2.05, 4.69) is 0 Å². The highest BCUT2D eigenvalue weighted by Gasteiger charge is 2.37. The lowest BCUT2D eigenvalue weighted by molar-refractivity contribution is -0.0441. The van der Waals surface area contributed by atoms with Crippen molar-refractivity contribution in [3.63, 3.8) is 0 Å². The van der Waals surface area contributed by atoms with Gasteiger partial charge in [-0.2, -0.15) is 12.7 Å². The molecule has 0 spiro atoms. The van der Waals surface area contributed by atoms with Crippen LogP contribution in [-0.2, 0) is 21.4 Å². The number of hydrogen-bond donors (Lipinski definition) is 0. The lowest BCUT2D eigenvalue weighted by Crippen LogP contribution is -2.52. The van der Waals surface area contributed by atoms with E-state index in [0.29, 0.717) is 19.6 Å². The molecule has 110 valence electrons. The maximum atomic E-state index is 12.8. The number of hydrogen-bond acceptors (Lipinski definition) is 3. The second-order valence-electron chi connectivity index (χ2n) is 5.53. The van der Waals surface area contributed by atoms with Crippen molar-refractivity contribution in [1.29, 1.82) is 0 Å². The van der Waals surface area contributed by atoms with E-state index in [4.69, 9.17) is 4.74 Å². The van der Waals surface area contributed by atoms with E-state index in [1.807, 2.05) is 38.1 Å². The summed E-state index contributed by atoms with van der Waals surface area (Å²) in [5.41, 5.74) is 1.92. The predicted octanol–water partition coefficient (Wildman–Crippen LogP) is 1.40. The fraction of sp³-hybridized carbons (Fsp3) is 0.571. The minimum atomic E-state index is -3.45. The standard InChI is InChI=1S/C14H20N2O3S/c1-11-9-15(10-12(2)19-11)20(17,18)16-8-7-13-5-3-4-6-14(13)16/h3-6,11-12H,7-10H2,1-2H3/t11-,12-/m0/s1. The molecule has 1 aromatic rings. The maximum Gasteiger partial charge on any atom is 0.304 e. The van der Waals surface area contributed by atoms with Crippen LogP contribution in [0.4, 0.5) is 5.69 Å². The third-order valence-electron chi connectivity index (χ3n) is 3.84. The summed E-state index contributed by atoms with van der Waals surface area (Å²) in [5, 5.41) is 0. The molecule has 20 heavy (non-hydrogen) atoms. The molecular weight excluding hydrogens is 276 g/mol. The molecule has 0 bridgehead atoms. The van der Waals surface area contributed by atoms with Crippen LogP contribution >= 0.6 is 0 Å². The van der Waals surface area contributed by atoms with Crippen LogP contribution in [0.2, 0.25) is 0 Å². The largest absolute Gasteiger partial charge is 0.373 e. The Bertz CT molecular complexity index is 592. The van der Waals surface area contributed by atoms with Crippen LogP contribution in [-0.4, -0.2) is 44.6 Å². The number of morpholine rings is 1. The smallest absolute Gasteiger partial charge is 0.304 e. The van der Waals surface area contributed by atoms with E-state index >= 15 is 0 Å². The van der Waals surface area contributed by atoms with Crippen LogP contribution in [0.15, 0.2) is 24.3 Å². The summed E-state index contributed by atoms with van der Waals surface area (Å²) in [5.74, 6) is 0. The molecule has 1 saturated heterocycles. The molecule has 0 radical (unpaired) electrons. The average molecular weight is 296 g/mol. The summed E-state index contributed by atoms with van der Waals surface area (Å²) in [4.78, 5) is 0. The zero-order valence-electron chi connectivity index (χ0n) is 11.8. The van der Waals surface area contributed by atoms with Gasteiger partial charge in [-0.3, -0.25) is 4.31 Å². The fourth-order valence-electron chi connectivity index (χ4n) is 3.01. The van der Waals surface area contributed by atoms with Crippen molar-refractivity contribution in [2.75, 3.05) is 23.9 Å². The first-order valence-corrected chi connectivity index (χ1v) is 8.39. The molecule has 0 saturated carbocycles. The third kappa shape index (κ3) is 2.32. The van der Waals surface area contributed by atoms with Crippen molar-refractivity contribution in [3.8, 4) is 0 Å². The van der Waals surface area contributed by atoms with E-state index in [-0.39, 0.29) is 12.2 Å². The van der Waals surface area contributed by atoms with Crippen molar-refractivity contribution in [2.45, 2.75) is 32.5 Å². The molecule has 5 nitrogen and oxygen atoms in total. The van der Waals surface area contributed by atoms with Crippen molar-refractivity contribution in [2.24, 2.45) is 0 Å². The molecule has 3 rings (SSSR count). The quantitative estimate of drug-likeness (QED) is 0.829. The molecule has 0 aromatic heterocycles. The molecule has 2 atom stereocenters. The number of nitrogens with zero attached hydrogens (tertiary/aromatic N) is 2. The molecule has 2 heterocycles. The highest BCUT2D eigenvalue weighted by molar-refractivity contribution is 7.90. The van der Waals surface area contributed by atoms with Crippen LogP contribution in [0.3, 0.4) is 0 Å². The second-order valence-corrected chi connectivity index (χ2v) is 7.39. The van der Waals surface area contributed by atoms with Gasteiger partial charge in [0.2, 0.25) is 0 Å². The van der Waals surface area contributed by atoms with Crippen LogP contribution in [0.5, 0.6) is 0 Å². The monoisotopic (exact) mass is 296 g/mol. The summed E-state index contributed by atoms with van der Waals surface area (Å²) in [6.45, 7) is 5.20. The Labute approximate surface area is 120 Å². The summed E-state index contributed by atoms with van der Waals surface area (Å²) in [6, 6.07) is 7.72. The summed E-state index contributed by atoms with van der Waals surface area (Å²) in [7, 11) is -3.45. The Hall–Kier alpha value is -1.11. The first kappa shape index (κ1) is 13.9. The van der Waals surface area contributed by atoms with Crippen molar-refractivity contribution >= 4 is 15.9 Å². The third-order valence-corrected chi connectivity index (χ3v) is 5.72. The number of ether oxygens (including phenoxy) is 1. The molecule has 0 unspecified atom stereocenters. The van der Waals surface area contributed by atoms with Crippen LogP contribution < -0.4 is 4.31 Å². The lowest BCUT2D eigenvalue weighted by atomic mass is 10.2. The fourth-order valence-corrected chi connectivity index (χ4v) is 4.83. The molecule has 0 N–H and O–H groups in total. The Morgan fingerprint density at radius 2 is 1.80 bits per heavy atom. The molecule has 2 aliphatic heterocycles. The van der Waals surface area contributed by atoms with E-state index < -0.39 is 10.2 Å². The second kappa shape index (κ2) is 5.02. The van der Waals surface area contributed by atoms with Gasteiger partial charge in [-0.15, -0.1) is 0 Å². The Balaban J connectivity index is 1.90. The Morgan fingerprint density at radius 3 is 2.50 bits per heavy atom. The van der Waals surface area contributed by atoms with E-state index in [0.717, 1.165) is 17.7 Å². The summed E-state index contributed by atoms with van der Waals surface area (Å²) >= 11 is 0. The van der Waals surface area contributed by atoms with Crippen LogP contribution in [0, 0.1) is 0 Å². The Morgan fingerprint density at radius 1 is 1.15 bits per heavy atom. The van der Waals surface area contributed by atoms with Gasteiger partial charge in [0.15, 0.2) is 0 Å². The number of benzene rings is 1. The van der Waals surface area contributed by atoms with Gasteiger partial charge in [-0.1, -0.05) is 18.2 Å². The predicted molar refractivity (Wildman–Crippen MR) is 78.0 cm³/mol. The zero-order valence-corrected chi connectivity index (χ0v) is 12.6. The normalized spacial score (nSPS) is 27.6. The van der Waals surface area contributed by atoms with Crippen molar-refractivity contribution in [1.82, 2.24) is 4.31 Å². The van der Waals surface area contributed by atoms with Gasteiger partial charge < -0.3 is 4.74 Å². The molecule has 0 amide bonds. The van der Waals surface area contributed by atoms with Crippen molar-refractivity contribution in [3.05, 3.63) is 29.8 Å². The van der Waals surface area contributed by atoms with Crippen LogP contribution in [0.1, 0.15) is 19.4 Å². The van der Waals surface area contributed by atoms with Gasteiger partial charge in [0, 0.05) is 19.6 Å². The van der Waals surface area contributed by atoms with E-state index in [1.54, 1.807) is 4.31 Å².